The maximum absolute atomic E-state index is 10.4. The Hall–Kier alpha value is -0.850. The van der Waals surface area contributed by atoms with Gasteiger partial charge in [-0.25, -0.2) is 4.98 Å². The summed E-state index contributed by atoms with van der Waals surface area (Å²) in [6.45, 7) is 0.218. The average Bonchev–Trinajstić information content (AvgIpc) is 3.16. The van der Waals surface area contributed by atoms with E-state index in [-0.39, 0.29) is 55.8 Å². The van der Waals surface area contributed by atoms with Gasteiger partial charge in [0.2, 0.25) is 0 Å². The van der Waals surface area contributed by atoms with Crippen LogP contribution in [0.1, 0.15) is 11.4 Å². The van der Waals surface area contributed by atoms with E-state index >= 15 is 0 Å². The monoisotopic (exact) mass is 530 g/mol. The summed E-state index contributed by atoms with van der Waals surface area (Å²) in [6, 6.07) is 0. The fraction of sp³-hybridized carbons (Fsp3) is 0.786. The third-order valence-electron chi connectivity index (χ3n) is 3.72. The highest BCUT2D eigenvalue weighted by Crippen LogP contribution is 2.31. The molecule has 0 amide bonds. The van der Waals surface area contributed by atoms with E-state index in [9.17, 15) is 14.4 Å². The quantitative estimate of drug-likeness (QED) is 0.0809. The van der Waals surface area contributed by atoms with Crippen LogP contribution in [0.4, 0.5) is 0 Å². The van der Waals surface area contributed by atoms with Gasteiger partial charge in [-0.15, -0.1) is 0 Å². The van der Waals surface area contributed by atoms with E-state index in [1.165, 1.54) is 6.33 Å². The van der Waals surface area contributed by atoms with E-state index in [1.807, 2.05) is 0 Å². The molecule has 19 heteroatoms. The summed E-state index contributed by atoms with van der Waals surface area (Å²) in [5, 5.41) is 59.6. The topological polar surface area (TPSA) is 291 Å². The normalized spacial score (nSPS) is 12.6. The van der Waals surface area contributed by atoms with Crippen LogP contribution < -0.4 is 9.79 Å². The van der Waals surface area contributed by atoms with Crippen LogP contribution in [0.5, 0.6) is 0 Å². The van der Waals surface area contributed by atoms with Crippen molar-refractivity contribution in [3.05, 3.63) is 17.7 Å². The molecule has 0 bridgehead atoms. The molecular formula is C14H36N4O13P2. The lowest BCUT2D eigenvalue weighted by atomic mass is 10.3. The predicted octanol–water partition coefficient (Wildman–Crippen LogP) is -5.58. The number of H-pyrrole nitrogens is 1. The predicted molar refractivity (Wildman–Crippen MR) is 109 cm³/mol. The summed E-state index contributed by atoms with van der Waals surface area (Å²) >= 11 is 0. The molecule has 0 saturated carbocycles. The number of aryl methyl sites for hydroxylation is 1. The van der Waals surface area contributed by atoms with Crippen molar-refractivity contribution in [2.24, 2.45) is 0 Å². The molecular weight excluding hydrogens is 494 g/mol. The first kappa shape index (κ1) is 36.7. The molecule has 1 rings (SSSR count). The Balaban J connectivity index is -0.000000394. The van der Waals surface area contributed by atoms with Gasteiger partial charge < -0.3 is 64.9 Å². The molecule has 1 unspecified atom stereocenters. The number of aliphatic hydroxyl groups is 7. The number of nitrogens with zero attached hydrogens (tertiary/aromatic N) is 3. The highest BCUT2D eigenvalue weighted by Gasteiger charge is 2.16. The Labute approximate surface area is 191 Å². The molecule has 0 aliphatic heterocycles. The molecule has 33 heavy (non-hydrogen) atoms. The number of aliphatic hydroxyl groups excluding tert-OH is 7. The lowest BCUT2D eigenvalue weighted by Crippen LogP contribution is -2.46. The molecule has 0 aromatic carbocycles. The van der Waals surface area contributed by atoms with Crippen molar-refractivity contribution in [2.45, 2.75) is 19.2 Å². The highest BCUT2D eigenvalue weighted by molar-refractivity contribution is 7.49. The second kappa shape index (κ2) is 18.5. The first-order valence-corrected chi connectivity index (χ1v) is 11.9. The van der Waals surface area contributed by atoms with Crippen LogP contribution in [0.2, 0.25) is 0 Å². The summed E-state index contributed by atoms with van der Waals surface area (Å²) in [4.78, 5) is 41.5. The second-order valence-corrected chi connectivity index (χ2v) is 9.31. The molecule has 1 atom stereocenters. The number of rotatable bonds is 9. The molecule has 0 spiro atoms. The third-order valence-corrected chi connectivity index (χ3v) is 4.64. The van der Waals surface area contributed by atoms with E-state index in [1.54, 1.807) is 21.0 Å². The summed E-state index contributed by atoms with van der Waals surface area (Å²) in [5.41, 5.74) is 1.03. The fourth-order valence-corrected chi connectivity index (χ4v) is 1.54. The maximum atomic E-state index is 10.4. The zero-order chi connectivity index (χ0) is 26.9. The molecule has 1 aromatic rings. The van der Waals surface area contributed by atoms with E-state index in [4.69, 9.17) is 50.1 Å². The van der Waals surface area contributed by atoms with Crippen molar-refractivity contribution >= 4 is 15.9 Å². The smallest absolute Gasteiger partial charge is 0.314 e. The van der Waals surface area contributed by atoms with Crippen LogP contribution in [-0.2, 0) is 15.6 Å². The molecule has 1 aromatic heterocycles. The van der Waals surface area contributed by atoms with Crippen LogP contribution in [0.25, 0.3) is 0 Å². The Morgan fingerprint density at radius 1 is 0.970 bits per heavy atom. The third kappa shape index (κ3) is 19.2. The van der Waals surface area contributed by atoms with Gasteiger partial charge in [0.25, 0.3) is 0 Å². The Bertz CT molecular complexity index is 641. The summed E-state index contributed by atoms with van der Waals surface area (Å²) in [5.74, 6) is -1.89. The molecule has 1 heterocycles. The van der Waals surface area contributed by atoms with E-state index in [0.717, 1.165) is 0 Å². The van der Waals surface area contributed by atoms with E-state index in [2.05, 4.69) is 9.97 Å². The zero-order valence-corrected chi connectivity index (χ0v) is 20.4. The minimum atomic E-state index is -4.92. The summed E-state index contributed by atoms with van der Waals surface area (Å²) in [7, 11) is -4.96. The van der Waals surface area contributed by atoms with Gasteiger partial charge in [0.1, 0.15) is 0 Å². The SMILES string of the molecule is C[N+](CO)(CO)CO.C[N+](CO)(CO)CO.Cc1[nH]cnc1CC(O)P(=O)([O-])[O-].O=[PH](O)O. The molecule has 0 radical (unpaired) electrons. The highest BCUT2D eigenvalue weighted by atomic mass is 31.2. The minimum absolute atomic E-state index is 0.125. The van der Waals surface area contributed by atoms with Gasteiger partial charge in [-0.05, 0) is 14.5 Å². The summed E-state index contributed by atoms with van der Waals surface area (Å²) in [6.07, 6.45) is 1.11. The van der Waals surface area contributed by atoms with Gasteiger partial charge >= 0.3 is 8.25 Å². The Morgan fingerprint density at radius 3 is 1.42 bits per heavy atom. The number of imidazole rings is 1. The van der Waals surface area contributed by atoms with Gasteiger partial charge in [0, 0.05) is 12.1 Å². The molecule has 200 valence electrons. The lowest BCUT2D eigenvalue weighted by molar-refractivity contribution is -0.960. The van der Waals surface area contributed by atoms with E-state index in [0.29, 0.717) is 11.4 Å². The van der Waals surface area contributed by atoms with Crippen LogP contribution in [-0.4, -0.2) is 125 Å². The van der Waals surface area contributed by atoms with Crippen molar-refractivity contribution in [2.75, 3.05) is 54.5 Å². The number of aromatic amines is 1. The van der Waals surface area contributed by atoms with Crippen LogP contribution in [0, 0.1) is 6.92 Å². The van der Waals surface area contributed by atoms with Gasteiger partial charge in [-0.3, -0.25) is 13.5 Å². The molecule has 17 nitrogen and oxygen atoms in total. The van der Waals surface area contributed by atoms with Crippen molar-refractivity contribution in [1.82, 2.24) is 9.97 Å². The molecule has 0 saturated heterocycles. The van der Waals surface area contributed by atoms with Gasteiger partial charge in [0.05, 0.1) is 32.0 Å². The lowest BCUT2D eigenvalue weighted by Gasteiger charge is -2.34. The van der Waals surface area contributed by atoms with E-state index < -0.39 is 21.7 Å². The molecule has 0 aliphatic rings. The van der Waals surface area contributed by atoms with Crippen molar-refractivity contribution in [1.29, 1.82) is 0 Å². The minimum Gasteiger partial charge on any atom is -0.809 e. The molecule has 0 fully saturated rings. The Kier molecular flexibility index (Phi) is 20.6. The number of hydrogen-bond acceptors (Lipinski definition) is 12. The van der Waals surface area contributed by atoms with Crippen molar-refractivity contribution < 1.29 is 73.4 Å². The standard InChI is InChI=1S/C6H11N2O4P.2C4H12NO3.H3O3P/c1-4-5(8-3-7-4)2-6(9)13(10,11)12;2*1-5(2-6,3-7)4-8;1-4(2)3/h3,6,9H,2H2,1H3,(H,7,8)(H2,10,11,12);2*6-8H,2-4H2,1H3;4H,(H2,1,2,3)/q;2*+1;/p-2. The second-order valence-electron chi connectivity index (χ2n) is 7.07. The van der Waals surface area contributed by atoms with Crippen LogP contribution in [0.15, 0.2) is 6.33 Å². The number of nitrogens with one attached hydrogen (secondary N) is 1. The largest absolute Gasteiger partial charge is 0.809 e. The maximum Gasteiger partial charge on any atom is 0.314 e. The zero-order valence-electron chi connectivity index (χ0n) is 18.6. The molecule has 10 N–H and O–H groups in total. The first-order valence-electron chi connectivity index (χ1n) is 8.94. The Morgan fingerprint density at radius 2 is 1.27 bits per heavy atom. The summed E-state index contributed by atoms with van der Waals surface area (Å²) < 4.78 is 18.8. The van der Waals surface area contributed by atoms with Crippen LogP contribution in [0.3, 0.4) is 0 Å². The van der Waals surface area contributed by atoms with Crippen molar-refractivity contribution in [3.8, 4) is 0 Å². The number of aromatic nitrogens is 2. The van der Waals surface area contributed by atoms with Gasteiger partial charge in [0.15, 0.2) is 40.4 Å². The molecule has 0 aliphatic carbocycles. The number of hydrogen-bond donors (Lipinski definition) is 10. The van der Waals surface area contributed by atoms with Gasteiger partial charge in [-0.2, -0.15) is 0 Å². The first-order chi connectivity index (χ1) is 15.0. The van der Waals surface area contributed by atoms with Gasteiger partial charge in [-0.1, -0.05) is 0 Å². The van der Waals surface area contributed by atoms with Crippen LogP contribution >= 0.6 is 15.9 Å². The average molecular weight is 530 g/mol. The number of quaternary nitrogens is 2. The fourth-order valence-electron chi connectivity index (χ4n) is 1.15. The van der Waals surface area contributed by atoms with Crippen molar-refractivity contribution in [3.63, 3.8) is 0 Å².